The molecule has 0 radical (unpaired) electrons. The van der Waals surface area contributed by atoms with Crippen LogP contribution in [0.4, 0.5) is 15.9 Å². The van der Waals surface area contributed by atoms with Gasteiger partial charge in [-0.2, -0.15) is 0 Å². The van der Waals surface area contributed by atoms with E-state index in [1.807, 2.05) is 24.4 Å². The molecule has 4 nitrogen and oxygen atoms in total. The van der Waals surface area contributed by atoms with Crippen molar-refractivity contribution in [1.29, 1.82) is 0 Å². The Morgan fingerprint density at radius 1 is 1.07 bits per heavy atom. The standard InChI is InChI=1S/C21H19FN4S/c22-17-7-8-23-13-16(17)14-3-5-19-18(11-14)25-21(27-19)15-4-6-20(24-12-15)26-9-1-2-10-26/h3-8,11-13,21,25H,1-2,9-10H2. The molecule has 27 heavy (non-hydrogen) atoms. The molecule has 0 bridgehead atoms. The van der Waals surface area contributed by atoms with Gasteiger partial charge in [0.2, 0.25) is 0 Å². The summed E-state index contributed by atoms with van der Waals surface area (Å²) in [6.07, 6.45) is 7.50. The molecule has 136 valence electrons. The van der Waals surface area contributed by atoms with Gasteiger partial charge in [0.05, 0.1) is 0 Å². The number of nitrogens with zero attached hydrogens (tertiary/aromatic N) is 3. The number of fused-ring (bicyclic) bond motifs is 1. The Labute approximate surface area is 161 Å². The molecule has 1 N–H and O–H groups in total. The highest BCUT2D eigenvalue weighted by Gasteiger charge is 2.24. The van der Waals surface area contributed by atoms with Gasteiger partial charge in [-0.25, -0.2) is 9.37 Å². The average molecular weight is 378 g/mol. The second kappa shape index (κ2) is 6.85. The van der Waals surface area contributed by atoms with E-state index in [2.05, 4.69) is 32.3 Å². The molecule has 1 atom stereocenters. The number of pyridine rings is 2. The maximum atomic E-state index is 14.1. The molecule has 2 aromatic heterocycles. The van der Waals surface area contributed by atoms with E-state index in [1.54, 1.807) is 18.0 Å². The predicted octanol–water partition coefficient (Wildman–Crippen LogP) is 5.10. The van der Waals surface area contributed by atoms with E-state index in [-0.39, 0.29) is 11.2 Å². The largest absolute Gasteiger partial charge is 0.368 e. The number of thioether (sulfide) groups is 1. The fourth-order valence-electron chi connectivity index (χ4n) is 3.64. The third-order valence-electron chi connectivity index (χ3n) is 5.09. The van der Waals surface area contributed by atoms with Crippen LogP contribution >= 0.6 is 11.8 Å². The van der Waals surface area contributed by atoms with Gasteiger partial charge in [0, 0.05) is 53.4 Å². The lowest BCUT2D eigenvalue weighted by atomic mass is 10.1. The molecule has 6 heteroatoms. The third-order valence-corrected chi connectivity index (χ3v) is 6.33. The number of anilines is 2. The average Bonchev–Trinajstić information content (AvgIpc) is 3.38. The minimum absolute atomic E-state index is 0.120. The number of halogens is 1. The second-order valence-electron chi connectivity index (χ2n) is 6.85. The Kier molecular flexibility index (Phi) is 4.20. The molecular formula is C21H19FN4S. The van der Waals surface area contributed by atoms with Crippen LogP contribution in [0.15, 0.2) is 59.9 Å². The number of benzene rings is 1. The molecule has 2 aliphatic heterocycles. The summed E-state index contributed by atoms with van der Waals surface area (Å²) in [7, 11) is 0. The van der Waals surface area contributed by atoms with Crippen molar-refractivity contribution in [2.75, 3.05) is 23.3 Å². The van der Waals surface area contributed by atoms with Crippen molar-refractivity contribution in [3.63, 3.8) is 0 Å². The van der Waals surface area contributed by atoms with Crippen molar-refractivity contribution in [2.24, 2.45) is 0 Å². The highest BCUT2D eigenvalue weighted by Crippen LogP contribution is 2.47. The maximum Gasteiger partial charge on any atom is 0.134 e. The van der Waals surface area contributed by atoms with E-state index in [0.29, 0.717) is 5.56 Å². The fourth-order valence-corrected chi connectivity index (χ4v) is 4.74. The lowest BCUT2D eigenvalue weighted by molar-refractivity contribution is 0.629. The molecule has 0 saturated carbocycles. The predicted molar refractivity (Wildman–Crippen MR) is 108 cm³/mol. The molecule has 0 aliphatic carbocycles. The Morgan fingerprint density at radius 2 is 1.96 bits per heavy atom. The molecule has 0 amide bonds. The molecule has 1 saturated heterocycles. The van der Waals surface area contributed by atoms with Crippen molar-refractivity contribution in [3.8, 4) is 11.1 Å². The Morgan fingerprint density at radius 3 is 2.74 bits per heavy atom. The van der Waals surface area contributed by atoms with Gasteiger partial charge in [0.1, 0.15) is 17.0 Å². The summed E-state index contributed by atoms with van der Waals surface area (Å²) in [5, 5.41) is 3.66. The topological polar surface area (TPSA) is 41.1 Å². The highest BCUT2D eigenvalue weighted by atomic mass is 32.2. The number of aromatic nitrogens is 2. The summed E-state index contributed by atoms with van der Waals surface area (Å²) >= 11 is 1.76. The van der Waals surface area contributed by atoms with Crippen LogP contribution in [0, 0.1) is 5.82 Å². The monoisotopic (exact) mass is 378 g/mol. The van der Waals surface area contributed by atoms with Gasteiger partial charge < -0.3 is 10.2 Å². The van der Waals surface area contributed by atoms with Crippen LogP contribution < -0.4 is 10.2 Å². The van der Waals surface area contributed by atoms with Crippen LogP contribution in [-0.2, 0) is 0 Å². The molecule has 1 aromatic carbocycles. The van der Waals surface area contributed by atoms with Crippen LogP contribution in [0.25, 0.3) is 11.1 Å². The second-order valence-corrected chi connectivity index (χ2v) is 8.00. The Hall–Kier alpha value is -2.60. The molecule has 1 fully saturated rings. The zero-order valence-electron chi connectivity index (χ0n) is 14.7. The molecule has 5 rings (SSSR count). The SMILES string of the molecule is Fc1ccncc1-c1ccc2c(c1)NC(c1ccc(N3CCCC3)nc1)S2. The van der Waals surface area contributed by atoms with Crippen LogP contribution in [0.5, 0.6) is 0 Å². The highest BCUT2D eigenvalue weighted by molar-refractivity contribution is 8.00. The van der Waals surface area contributed by atoms with E-state index in [1.165, 1.54) is 25.1 Å². The summed E-state index contributed by atoms with van der Waals surface area (Å²) in [4.78, 5) is 12.2. The van der Waals surface area contributed by atoms with E-state index < -0.39 is 0 Å². The van der Waals surface area contributed by atoms with E-state index in [4.69, 9.17) is 0 Å². The Bertz CT molecular complexity index is 970. The molecule has 0 spiro atoms. The Balaban J connectivity index is 1.37. The summed E-state index contributed by atoms with van der Waals surface area (Å²) in [5.74, 6) is 0.806. The van der Waals surface area contributed by atoms with Gasteiger partial charge in [-0.15, -0.1) is 0 Å². The number of nitrogens with one attached hydrogen (secondary N) is 1. The van der Waals surface area contributed by atoms with Gasteiger partial charge in [-0.1, -0.05) is 23.9 Å². The first kappa shape index (κ1) is 16.6. The van der Waals surface area contributed by atoms with E-state index in [9.17, 15) is 4.39 Å². The fraction of sp³-hybridized carbons (Fsp3) is 0.238. The summed E-state index contributed by atoms with van der Waals surface area (Å²) in [6.45, 7) is 2.20. The minimum atomic E-state index is -0.256. The van der Waals surface area contributed by atoms with E-state index >= 15 is 0 Å². The van der Waals surface area contributed by atoms with E-state index in [0.717, 1.165) is 40.6 Å². The number of hydrogen-bond acceptors (Lipinski definition) is 5. The molecule has 2 aliphatic rings. The van der Waals surface area contributed by atoms with Crippen molar-refractivity contribution >= 4 is 23.3 Å². The lowest BCUT2D eigenvalue weighted by Crippen LogP contribution is -2.18. The summed E-state index contributed by atoms with van der Waals surface area (Å²) in [5.41, 5.74) is 3.52. The lowest BCUT2D eigenvalue weighted by Gasteiger charge is -2.17. The van der Waals surface area contributed by atoms with Crippen LogP contribution in [0.2, 0.25) is 0 Å². The van der Waals surface area contributed by atoms with Crippen molar-refractivity contribution < 1.29 is 4.39 Å². The molecule has 3 aromatic rings. The van der Waals surface area contributed by atoms with Gasteiger partial charge in [0.15, 0.2) is 0 Å². The van der Waals surface area contributed by atoms with Crippen molar-refractivity contribution in [2.45, 2.75) is 23.1 Å². The molecule has 4 heterocycles. The van der Waals surface area contributed by atoms with Gasteiger partial charge in [-0.05, 0) is 42.7 Å². The van der Waals surface area contributed by atoms with Gasteiger partial charge in [-0.3, -0.25) is 4.98 Å². The van der Waals surface area contributed by atoms with Gasteiger partial charge >= 0.3 is 0 Å². The normalized spacial score (nSPS) is 18.4. The van der Waals surface area contributed by atoms with Crippen molar-refractivity contribution in [1.82, 2.24) is 9.97 Å². The molecule has 1 unspecified atom stereocenters. The third kappa shape index (κ3) is 3.14. The number of rotatable bonds is 3. The van der Waals surface area contributed by atoms with Crippen LogP contribution in [-0.4, -0.2) is 23.1 Å². The number of hydrogen-bond donors (Lipinski definition) is 1. The van der Waals surface area contributed by atoms with Crippen LogP contribution in [0.1, 0.15) is 23.8 Å². The quantitative estimate of drug-likeness (QED) is 0.687. The maximum absolute atomic E-state index is 14.1. The van der Waals surface area contributed by atoms with Crippen LogP contribution in [0.3, 0.4) is 0 Å². The summed E-state index contributed by atoms with van der Waals surface area (Å²) < 4.78 is 14.1. The first-order valence-electron chi connectivity index (χ1n) is 9.16. The summed E-state index contributed by atoms with van der Waals surface area (Å²) in [6, 6.07) is 11.6. The zero-order chi connectivity index (χ0) is 18.2. The first-order chi connectivity index (χ1) is 13.3. The van der Waals surface area contributed by atoms with Gasteiger partial charge in [0.25, 0.3) is 0 Å². The molecular weight excluding hydrogens is 359 g/mol. The smallest absolute Gasteiger partial charge is 0.134 e. The first-order valence-corrected chi connectivity index (χ1v) is 10.0. The zero-order valence-corrected chi connectivity index (χ0v) is 15.5. The van der Waals surface area contributed by atoms with Crippen molar-refractivity contribution in [3.05, 3.63) is 66.4 Å². The minimum Gasteiger partial charge on any atom is -0.368 e.